The number of carbonyl (C=O) groups excluding carboxylic acids is 1. The third-order valence-corrected chi connectivity index (χ3v) is 3.98. The number of rotatable bonds is 5. The number of H-pyrrole nitrogens is 1. The largest absolute Gasteiger partial charge is 0.463 e. The van der Waals surface area contributed by atoms with Crippen molar-refractivity contribution in [3.05, 3.63) is 46.6 Å². The van der Waals surface area contributed by atoms with Gasteiger partial charge in [-0.3, -0.25) is 14.6 Å². The predicted octanol–water partition coefficient (Wildman–Crippen LogP) is 3.71. The average molecular weight is 383 g/mol. The molecule has 0 spiro atoms. The van der Waals surface area contributed by atoms with E-state index in [0.29, 0.717) is 29.4 Å². The smallest absolute Gasteiger partial charge is 0.252 e. The molecule has 0 aliphatic heterocycles. The molecule has 148 valence electrons. The van der Waals surface area contributed by atoms with E-state index in [1.807, 2.05) is 34.6 Å². The minimum absolute atomic E-state index is 0.0695. The van der Waals surface area contributed by atoms with Gasteiger partial charge < -0.3 is 9.73 Å². The van der Waals surface area contributed by atoms with Gasteiger partial charge in [0.05, 0.1) is 12.0 Å². The van der Waals surface area contributed by atoms with E-state index >= 15 is 0 Å². The van der Waals surface area contributed by atoms with Crippen LogP contribution in [0.2, 0.25) is 0 Å². The van der Waals surface area contributed by atoms with Gasteiger partial charge in [0.15, 0.2) is 5.76 Å². The fourth-order valence-corrected chi connectivity index (χ4v) is 2.70. The first-order valence-electron chi connectivity index (χ1n) is 9.18. The molecule has 0 atom stereocenters. The Morgan fingerprint density at radius 2 is 2.07 bits per heavy atom. The van der Waals surface area contributed by atoms with Gasteiger partial charge in [-0.1, -0.05) is 34.6 Å². The summed E-state index contributed by atoms with van der Waals surface area (Å²) in [5.41, 5.74) is 0.716. The van der Waals surface area contributed by atoms with Crippen LogP contribution < -0.4 is 10.9 Å². The minimum atomic E-state index is -0.282. The normalized spacial score (nSPS) is 11.8. The van der Waals surface area contributed by atoms with Gasteiger partial charge in [-0.25, -0.2) is 4.98 Å². The van der Waals surface area contributed by atoms with Crippen molar-refractivity contribution in [1.82, 2.24) is 19.7 Å². The number of aromatic amines is 1. The zero-order chi connectivity index (χ0) is 20.5. The van der Waals surface area contributed by atoms with Gasteiger partial charge in [0.1, 0.15) is 11.5 Å². The summed E-state index contributed by atoms with van der Waals surface area (Å²) in [6.45, 7) is 9.87. The average Bonchev–Trinajstić information content (AvgIpc) is 3.21. The summed E-state index contributed by atoms with van der Waals surface area (Å²) in [5.74, 6) is 1.11. The molecule has 0 saturated heterocycles. The van der Waals surface area contributed by atoms with Crippen molar-refractivity contribution < 1.29 is 9.21 Å². The zero-order valence-electron chi connectivity index (χ0n) is 16.7. The molecule has 3 aromatic rings. The summed E-state index contributed by atoms with van der Waals surface area (Å²) < 4.78 is 6.84. The van der Waals surface area contributed by atoms with Crippen molar-refractivity contribution in [3.8, 4) is 17.4 Å². The topological polar surface area (TPSA) is 106 Å². The van der Waals surface area contributed by atoms with E-state index in [4.69, 9.17) is 4.42 Å². The standard InChI is InChI=1S/C20H25N5O3/c1-12(2)13-10-17(26)23-19(21-13)25-16(22-18(27)11-20(3,4)5)9-14(24-25)15-7-6-8-28-15/h6-10,12H,11H2,1-5H3,(H,22,27)(H,21,23,26). The number of carbonyl (C=O) groups is 1. The lowest BCUT2D eigenvalue weighted by Gasteiger charge is -2.17. The van der Waals surface area contributed by atoms with Gasteiger partial charge in [0.2, 0.25) is 11.9 Å². The van der Waals surface area contributed by atoms with E-state index in [-0.39, 0.29) is 28.7 Å². The Labute approximate surface area is 163 Å². The van der Waals surface area contributed by atoms with Crippen LogP contribution in [-0.4, -0.2) is 25.7 Å². The monoisotopic (exact) mass is 383 g/mol. The number of nitrogens with zero attached hydrogens (tertiary/aromatic N) is 3. The highest BCUT2D eigenvalue weighted by Crippen LogP contribution is 2.26. The molecule has 0 fully saturated rings. The number of furan rings is 1. The summed E-state index contributed by atoms with van der Waals surface area (Å²) in [4.78, 5) is 31.8. The Morgan fingerprint density at radius 1 is 1.32 bits per heavy atom. The lowest BCUT2D eigenvalue weighted by Crippen LogP contribution is -2.22. The van der Waals surface area contributed by atoms with Crippen LogP contribution >= 0.6 is 0 Å². The first kappa shape index (κ1) is 19.6. The molecule has 3 aromatic heterocycles. The summed E-state index contributed by atoms with van der Waals surface area (Å²) in [5, 5.41) is 7.36. The molecule has 1 amide bonds. The van der Waals surface area contributed by atoms with E-state index in [9.17, 15) is 9.59 Å². The van der Waals surface area contributed by atoms with Crippen LogP contribution in [0.1, 0.15) is 52.7 Å². The summed E-state index contributed by atoms with van der Waals surface area (Å²) >= 11 is 0. The molecule has 0 radical (unpaired) electrons. The van der Waals surface area contributed by atoms with Crippen LogP contribution in [0.25, 0.3) is 17.4 Å². The summed E-state index contributed by atoms with van der Waals surface area (Å²) in [6, 6.07) is 6.68. The van der Waals surface area contributed by atoms with Gasteiger partial charge >= 0.3 is 0 Å². The number of hydrogen-bond acceptors (Lipinski definition) is 5. The Kier molecular flexibility index (Phi) is 5.22. The van der Waals surface area contributed by atoms with Crippen LogP contribution in [-0.2, 0) is 4.79 Å². The molecule has 8 nitrogen and oxygen atoms in total. The predicted molar refractivity (Wildman–Crippen MR) is 106 cm³/mol. The Hall–Kier alpha value is -3.16. The van der Waals surface area contributed by atoms with E-state index < -0.39 is 0 Å². The van der Waals surface area contributed by atoms with E-state index in [1.54, 1.807) is 24.5 Å². The second kappa shape index (κ2) is 7.46. The van der Waals surface area contributed by atoms with Crippen LogP contribution in [0, 0.1) is 5.41 Å². The fraction of sp³-hybridized carbons (Fsp3) is 0.400. The molecule has 8 heteroatoms. The lowest BCUT2D eigenvalue weighted by atomic mass is 9.92. The highest BCUT2D eigenvalue weighted by molar-refractivity contribution is 5.91. The van der Waals surface area contributed by atoms with Gasteiger partial charge in [-0.2, -0.15) is 9.78 Å². The second-order valence-corrected chi connectivity index (χ2v) is 8.24. The van der Waals surface area contributed by atoms with Crippen molar-refractivity contribution in [2.45, 2.75) is 47.0 Å². The van der Waals surface area contributed by atoms with Gasteiger partial charge in [0, 0.05) is 18.6 Å². The molecule has 0 aliphatic rings. The number of anilines is 1. The molecular weight excluding hydrogens is 358 g/mol. The van der Waals surface area contributed by atoms with Crippen LogP contribution in [0.3, 0.4) is 0 Å². The third-order valence-electron chi connectivity index (χ3n) is 3.98. The van der Waals surface area contributed by atoms with Crippen molar-refractivity contribution in [2.75, 3.05) is 5.32 Å². The van der Waals surface area contributed by atoms with Crippen LogP contribution in [0.15, 0.2) is 39.7 Å². The lowest BCUT2D eigenvalue weighted by molar-refractivity contribution is -0.117. The molecule has 28 heavy (non-hydrogen) atoms. The number of aromatic nitrogens is 4. The van der Waals surface area contributed by atoms with Crippen molar-refractivity contribution >= 4 is 11.7 Å². The number of amides is 1. The first-order valence-corrected chi connectivity index (χ1v) is 9.18. The molecule has 2 N–H and O–H groups in total. The van der Waals surface area contributed by atoms with Crippen LogP contribution in [0.4, 0.5) is 5.82 Å². The van der Waals surface area contributed by atoms with E-state index in [0.717, 1.165) is 0 Å². The van der Waals surface area contributed by atoms with Crippen molar-refractivity contribution in [3.63, 3.8) is 0 Å². The maximum Gasteiger partial charge on any atom is 0.252 e. The maximum atomic E-state index is 12.5. The molecule has 0 unspecified atom stereocenters. The molecule has 0 aromatic carbocycles. The van der Waals surface area contributed by atoms with Crippen molar-refractivity contribution in [2.24, 2.45) is 5.41 Å². The molecule has 0 bridgehead atoms. The summed E-state index contributed by atoms with van der Waals surface area (Å²) in [7, 11) is 0. The highest BCUT2D eigenvalue weighted by Gasteiger charge is 2.20. The molecule has 0 aliphatic carbocycles. The maximum absolute atomic E-state index is 12.5. The van der Waals surface area contributed by atoms with E-state index in [2.05, 4.69) is 20.4 Å². The number of hydrogen-bond donors (Lipinski definition) is 2. The number of nitrogens with one attached hydrogen (secondary N) is 2. The Bertz CT molecular complexity index is 1020. The van der Waals surface area contributed by atoms with Gasteiger partial charge in [-0.15, -0.1) is 0 Å². The van der Waals surface area contributed by atoms with E-state index in [1.165, 1.54) is 10.7 Å². The van der Waals surface area contributed by atoms with Gasteiger partial charge in [-0.05, 0) is 23.5 Å². The Morgan fingerprint density at radius 3 is 2.68 bits per heavy atom. The highest BCUT2D eigenvalue weighted by atomic mass is 16.3. The zero-order valence-corrected chi connectivity index (χ0v) is 16.7. The van der Waals surface area contributed by atoms with Crippen LogP contribution in [0.5, 0.6) is 0 Å². The fourth-order valence-electron chi connectivity index (χ4n) is 2.70. The Balaban J connectivity index is 2.06. The first-order chi connectivity index (χ1) is 13.1. The second-order valence-electron chi connectivity index (χ2n) is 8.24. The third kappa shape index (κ3) is 4.57. The quantitative estimate of drug-likeness (QED) is 0.698. The molecule has 3 heterocycles. The summed E-state index contributed by atoms with van der Waals surface area (Å²) in [6.07, 6.45) is 1.88. The SMILES string of the molecule is CC(C)c1cc(=O)[nH]c(-n2nc(-c3ccco3)cc2NC(=O)CC(C)(C)C)n1. The molecular formula is C20H25N5O3. The van der Waals surface area contributed by atoms with Crippen molar-refractivity contribution in [1.29, 1.82) is 0 Å². The molecule has 0 saturated carbocycles. The minimum Gasteiger partial charge on any atom is -0.463 e. The molecule has 3 rings (SSSR count). The van der Waals surface area contributed by atoms with Gasteiger partial charge in [0.25, 0.3) is 5.56 Å².